The SMILES string of the molecule is COc1ccc(CCC2CCN(C(=O)Nc3ccccc3OC)CC2)cc1. The number of amides is 2. The van der Waals surface area contributed by atoms with Crippen LogP contribution in [0.25, 0.3) is 0 Å². The Kier molecular flexibility index (Phi) is 6.58. The minimum absolute atomic E-state index is 0.0481. The zero-order valence-corrected chi connectivity index (χ0v) is 16.1. The van der Waals surface area contributed by atoms with Gasteiger partial charge in [0.2, 0.25) is 0 Å². The third kappa shape index (κ3) is 5.16. The summed E-state index contributed by atoms with van der Waals surface area (Å²) in [5.74, 6) is 2.25. The standard InChI is InChI=1S/C22H28N2O3/c1-26-19-11-9-17(10-12-19)7-8-18-13-15-24(16-14-18)22(25)23-20-5-3-4-6-21(20)27-2/h3-6,9-12,18H,7-8,13-16H2,1-2H3,(H,23,25). The number of rotatable bonds is 6. The molecule has 0 aliphatic carbocycles. The van der Waals surface area contributed by atoms with Gasteiger partial charge in [0.05, 0.1) is 19.9 Å². The Labute approximate surface area is 161 Å². The Balaban J connectivity index is 1.44. The van der Waals surface area contributed by atoms with Crippen LogP contribution >= 0.6 is 0 Å². The Morgan fingerprint density at radius 3 is 2.41 bits per heavy atom. The minimum Gasteiger partial charge on any atom is -0.497 e. The number of benzene rings is 2. The average Bonchev–Trinajstić information content (AvgIpc) is 2.73. The van der Waals surface area contributed by atoms with Crippen molar-refractivity contribution in [2.24, 2.45) is 5.92 Å². The molecule has 2 aromatic carbocycles. The summed E-state index contributed by atoms with van der Waals surface area (Å²) in [5, 5.41) is 2.96. The highest BCUT2D eigenvalue weighted by molar-refractivity contribution is 5.91. The molecule has 1 aliphatic rings. The molecule has 0 bridgehead atoms. The van der Waals surface area contributed by atoms with Gasteiger partial charge >= 0.3 is 6.03 Å². The lowest BCUT2D eigenvalue weighted by molar-refractivity contribution is 0.180. The molecule has 2 aromatic rings. The Morgan fingerprint density at radius 2 is 1.74 bits per heavy atom. The molecule has 3 rings (SSSR count). The fourth-order valence-electron chi connectivity index (χ4n) is 3.53. The van der Waals surface area contributed by atoms with Crippen LogP contribution in [0.3, 0.4) is 0 Å². The van der Waals surface area contributed by atoms with E-state index in [-0.39, 0.29) is 6.03 Å². The van der Waals surface area contributed by atoms with Crippen LogP contribution in [-0.4, -0.2) is 38.2 Å². The molecular weight excluding hydrogens is 340 g/mol. The smallest absolute Gasteiger partial charge is 0.321 e. The van der Waals surface area contributed by atoms with Crippen molar-refractivity contribution < 1.29 is 14.3 Å². The highest BCUT2D eigenvalue weighted by atomic mass is 16.5. The fraction of sp³-hybridized carbons (Fsp3) is 0.409. The number of methoxy groups -OCH3 is 2. The normalized spacial score (nSPS) is 14.7. The quantitative estimate of drug-likeness (QED) is 0.812. The maximum Gasteiger partial charge on any atom is 0.321 e. The molecule has 0 saturated carbocycles. The van der Waals surface area contributed by atoms with Crippen molar-refractivity contribution in [3.8, 4) is 11.5 Å². The summed E-state index contributed by atoms with van der Waals surface area (Å²) in [4.78, 5) is 14.4. The van der Waals surface area contributed by atoms with Crippen LogP contribution in [0.4, 0.5) is 10.5 Å². The molecule has 144 valence electrons. The van der Waals surface area contributed by atoms with Crippen molar-refractivity contribution in [3.63, 3.8) is 0 Å². The van der Waals surface area contributed by atoms with E-state index in [2.05, 4.69) is 17.4 Å². The van der Waals surface area contributed by atoms with E-state index in [1.54, 1.807) is 14.2 Å². The predicted octanol–water partition coefficient (Wildman–Crippen LogP) is 4.58. The Morgan fingerprint density at radius 1 is 1.04 bits per heavy atom. The average molecular weight is 368 g/mol. The molecule has 1 N–H and O–H groups in total. The predicted molar refractivity (Wildman–Crippen MR) is 108 cm³/mol. The van der Waals surface area contributed by atoms with Gasteiger partial charge < -0.3 is 19.7 Å². The van der Waals surface area contributed by atoms with Crippen molar-refractivity contribution in [3.05, 3.63) is 54.1 Å². The van der Waals surface area contributed by atoms with Crippen LogP contribution in [0, 0.1) is 5.92 Å². The maximum absolute atomic E-state index is 12.5. The molecule has 0 unspecified atom stereocenters. The highest BCUT2D eigenvalue weighted by Gasteiger charge is 2.23. The Hall–Kier alpha value is -2.69. The molecule has 1 fully saturated rings. The number of nitrogens with one attached hydrogen (secondary N) is 1. The molecule has 5 nitrogen and oxygen atoms in total. The summed E-state index contributed by atoms with van der Waals surface area (Å²) in [7, 11) is 3.30. The first kappa shape index (κ1) is 19.1. The lowest BCUT2D eigenvalue weighted by Crippen LogP contribution is -2.41. The molecule has 0 atom stereocenters. The van der Waals surface area contributed by atoms with Crippen LogP contribution < -0.4 is 14.8 Å². The molecule has 1 heterocycles. The number of ether oxygens (including phenoxy) is 2. The lowest BCUT2D eigenvalue weighted by atomic mass is 9.90. The van der Waals surface area contributed by atoms with E-state index in [0.29, 0.717) is 17.4 Å². The number of hydrogen-bond acceptors (Lipinski definition) is 3. The number of nitrogens with zero attached hydrogens (tertiary/aromatic N) is 1. The van der Waals surface area contributed by atoms with E-state index in [0.717, 1.165) is 44.5 Å². The molecule has 5 heteroatoms. The number of anilines is 1. The second-order valence-corrected chi connectivity index (χ2v) is 6.95. The van der Waals surface area contributed by atoms with Crippen molar-refractivity contribution >= 4 is 11.7 Å². The summed E-state index contributed by atoms with van der Waals surface area (Å²) in [6.07, 6.45) is 4.33. The van der Waals surface area contributed by atoms with Gasteiger partial charge in [0, 0.05) is 13.1 Å². The summed E-state index contributed by atoms with van der Waals surface area (Å²) in [6, 6.07) is 15.7. The Bertz CT molecular complexity index is 737. The van der Waals surface area contributed by atoms with Crippen molar-refractivity contribution in [2.75, 3.05) is 32.6 Å². The number of aryl methyl sites for hydroxylation is 1. The van der Waals surface area contributed by atoms with Gasteiger partial charge in [0.25, 0.3) is 0 Å². The summed E-state index contributed by atoms with van der Waals surface area (Å²) >= 11 is 0. The van der Waals surface area contributed by atoms with E-state index in [4.69, 9.17) is 9.47 Å². The van der Waals surface area contributed by atoms with Crippen LogP contribution in [-0.2, 0) is 6.42 Å². The number of urea groups is 1. The summed E-state index contributed by atoms with van der Waals surface area (Å²) < 4.78 is 10.5. The summed E-state index contributed by atoms with van der Waals surface area (Å²) in [6.45, 7) is 1.60. The number of para-hydroxylation sites is 2. The van der Waals surface area contributed by atoms with E-state index >= 15 is 0 Å². The third-order valence-electron chi connectivity index (χ3n) is 5.25. The first-order chi connectivity index (χ1) is 13.2. The van der Waals surface area contributed by atoms with Crippen LogP contribution in [0.1, 0.15) is 24.8 Å². The molecule has 0 aromatic heterocycles. The molecule has 0 spiro atoms. The first-order valence-electron chi connectivity index (χ1n) is 9.51. The van der Waals surface area contributed by atoms with Gasteiger partial charge in [-0.3, -0.25) is 0 Å². The molecule has 0 radical (unpaired) electrons. The zero-order valence-electron chi connectivity index (χ0n) is 16.1. The van der Waals surface area contributed by atoms with Crippen LogP contribution in [0.5, 0.6) is 11.5 Å². The van der Waals surface area contributed by atoms with Gasteiger partial charge in [-0.05, 0) is 61.4 Å². The second-order valence-electron chi connectivity index (χ2n) is 6.95. The number of carbonyl (C=O) groups excluding carboxylic acids is 1. The second kappa shape index (κ2) is 9.31. The van der Waals surface area contributed by atoms with Gasteiger partial charge in [0.15, 0.2) is 0 Å². The summed E-state index contributed by atoms with van der Waals surface area (Å²) in [5.41, 5.74) is 2.05. The molecule has 27 heavy (non-hydrogen) atoms. The first-order valence-corrected chi connectivity index (χ1v) is 9.51. The topological polar surface area (TPSA) is 50.8 Å². The van der Waals surface area contributed by atoms with Crippen LogP contribution in [0.2, 0.25) is 0 Å². The van der Waals surface area contributed by atoms with E-state index in [1.807, 2.05) is 41.3 Å². The molecular formula is C22H28N2O3. The monoisotopic (exact) mass is 368 g/mol. The van der Waals surface area contributed by atoms with Gasteiger partial charge in [-0.1, -0.05) is 24.3 Å². The van der Waals surface area contributed by atoms with Gasteiger partial charge in [-0.25, -0.2) is 4.79 Å². The molecule has 2 amide bonds. The number of piperidine rings is 1. The minimum atomic E-state index is -0.0481. The molecule has 1 saturated heterocycles. The molecule has 1 aliphatic heterocycles. The number of hydrogen-bond donors (Lipinski definition) is 1. The van der Waals surface area contributed by atoms with E-state index in [1.165, 1.54) is 5.56 Å². The van der Waals surface area contributed by atoms with Gasteiger partial charge in [0.1, 0.15) is 11.5 Å². The highest BCUT2D eigenvalue weighted by Crippen LogP contribution is 2.26. The number of likely N-dealkylation sites (tertiary alicyclic amines) is 1. The van der Waals surface area contributed by atoms with Crippen molar-refractivity contribution in [1.29, 1.82) is 0 Å². The third-order valence-corrected chi connectivity index (χ3v) is 5.25. The number of carbonyl (C=O) groups is 1. The van der Waals surface area contributed by atoms with Crippen molar-refractivity contribution in [2.45, 2.75) is 25.7 Å². The fourth-order valence-corrected chi connectivity index (χ4v) is 3.53. The van der Waals surface area contributed by atoms with E-state index in [9.17, 15) is 4.79 Å². The zero-order chi connectivity index (χ0) is 19.1. The lowest BCUT2D eigenvalue weighted by Gasteiger charge is -2.32. The van der Waals surface area contributed by atoms with Crippen LogP contribution in [0.15, 0.2) is 48.5 Å². The largest absolute Gasteiger partial charge is 0.497 e. The van der Waals surface area contributed by atoms with Gasteiger partial charge in [-0.2, -0.15) is 0 Å². The van der Waals surface area contributed by atoms with Gasteiger partial charge in [-0.15, -0.1) is 0 Å². The van der Waals surface area contributed by atoms with E-state index < -0.39 is 0 Å². The maximum atomic E-state index is 12.5. The van der Waals surface area contributed by atoms with Crippen molar-refractivity contribution in [1.82, 2.24) is 4.90 Å².